The molecule has 166 valence electrons. The number of nitrogens with zero attached hydrogens (tertiary/aromatic N) is 6. The van der Waals surface area contributed by atoms with Gasteiger partial charge in [0.1, 0.15) is 11.0 Å². The Bertz CT molecular complexity index is 1270. The maximum atomic E-state index is 11.6. The van der Waals surface area contributed by atoms with Crippen LogP contribution < -0.4 is 73.6 Å². The van der Waals surface area contributed by atoms with Crippen LogP contribution in [0.4, 0.5) is 16.6 Å². The van der Waals surface area contributed by atoms with Crippen molar-refractivity contribution in [1.29, 1.82) is 0 Å². The zero-order valence-corrected chi connectivity index (χ0v) is 23.7. The predicted octanol–water partition coefficient (Wildman–Crippen LogP) is -0.449. The van der Waals surface area contributed by atoms with Crippen LogP contribution >= 0.6 is 0 Å². The number of amides is 1. The second-order valence-corrected chi connectivity index (χ2v) is 6.78. The van der Waals surface area contributed by atoms with Crippen molar-refractivity contribution in [3.05, 3.63) is 54.2 Å². The summed E-state index contributed by atoms with van der Waals surface area (Å²) in [6.45, 7) is 6.28. The first-order valence-corrected chi connectivity index (χ1v) is 9.57. The maximum Gasteiger partial charge on any atom is 1.00 e. The van der Waals surface area contributed by atoms with Gasteiger partial charge in [0.15, 0.2) is 11.6 Å². The summed E-state index contributed by atoms with van der Waals surface area (Å²) >= 11 is 0. The van der Waals surface area contributed by atoms with Gasteiger partial charge in [0.05, 0.1) is 39.3 Å². The van der Waals surface area contributed by atoms with E-state index in [1.807, 2.05) is 18.2 Å². The number of fused-ring (bicyclic) bond motifs is 1. The Morgan fingerprint density at radius 2 is 2.06 bits per heavy atom. The van der Waals surface area contributed by atoms with Gasteiger partial charge in [-0.1, -0.05) is 5.16 Å². The van der Waals surface area contributed by atoms with Crippen LogP contribution in [0.3, 0.4) is 0 Å². The Balaban J connectivity index is 0.00000306. The number of hydrogen-bond acceptors (Lipinski definition) is 10. The van der Waals surface area contributed by atoms with Crippen LogP contribution in [-0.4, -0.2) is 50.2 Å². The van der Waals surface area contributed by atoms with Crippen LogP contribution in [0.5, 0.6) is 5.75 Å². The van der Waals surface area contributed by atoms with Crippen molar-refractivity contribution in [2.45, 2.75) is 20.0 Å². The number of methoxy groups -OCH3 is 2. The van der Waals surface area contributed by atoms with E-state index in [1.165, 1.54) is 7.11 Å². The molecule has 0 saturated carbocycles. The van der Waals surface area contributed by atoms with Gasteiger partial charge in [-0.15, -0.1) is 12.1 Å². The van der Waals surface area contributed by atoms with Gasteiger partial charge in [0.2, 0.25) is 11.8 Å². The summed E-state index contributed by atoms with van der Waals surface area (Å²) in [6.07, 6.45) is 0.903. The van der Waals surface area contributed by atoms with Crippen LogP contribution in [0.15, 0.2) is 28.9 Å². The van der Waals surface area contributed by atoms with Gasteiger partial charge in [-0.25, -0.2) is 9.78 Å². The normalized spacial score (nSPS) is 10.5. The molecule has 13 heteroatoms. The number of nitrogens with one attached hydrogen (secondary N) is 2. The van der Waals surface area contributed by atoms with E-state index in [0.717, 1.165) is 11.1 Å². The molecule has 1 aromatic carbocycles. The summed E-state index contributed by atoms with van der Waals surface area (Å²) in [5.74, 6) is 2.09. The van der Waals surface area contributed by atoms with Crippen molar-refractivity contribution >= 4 is 28.9 Å². The van der Waals surface area contributed by atoms with Crippen molar-refractivity contribution in [3.8, 4) is 5.75 Å². The minimum Gasteiger partial charge on any atom is -0.509 e. The number of benzene rings is 1. The van der Waals surface area contributed by atoms with Crippen molar-refractivity contribution in [2.75, 3.05) is 24.9 Å². The van der Waals surface area contributed by atoms with Gasteiger partial charge in [0.25, 0.3) is 0 Å². The van der Waals surface area contributed by atoms with Crippen LogP contribution in [0.25, 0.3) is 11.0 Å². The van der Waals surface area contributed by atoms with Gasteiger partial charge in [-0.05, 0) is 5.56 Å². The van der Waals surface area contributed by atoms with E-state index < -0.39 is 6.09 Å². The Hall–Kier alpha value is -2.54. The molecule has 3 heterocycles. The average Bonchev–Trinajstić information content (AvgIpc) is 3.39. The number of hydrogen-bond donors (Lipinski definition) is 2. The Morgan fingerprint density at radius 1 is 1.24 bits per heavy atom. The molecule has 4 aromatic rings. The number of ether oxygens (including phenoxy) is 2. The number of aromatic nitrogens is 6. The molecule has 33 heavy (non-hydrogen) atoms. The van der Waals surface area contributed by atoms with E-state index in [2.05, 4.69) is 47.5 Å². The summed E-state index contributed by atoms with van der Waals surface area (Å²) in [5.41, 5.74) is 2.89. The van der Waals surface area contributed by atoms with Crippen molar-refractivity contribution in [1.82, 2.24) is 29.9 Å². The molecule has 4 rings (SSSR count). The molecule has 0 aliphatic heterocycles. The van der Waals surface area contributed by atoms with E-state index in [-0.39, 0.29) is 70.7 Å². The first-order valence-electron chi connectivity index (χ1n) is 9.57. The third-order valence-electron chi connectivity index (χ3n) is 4.54. The average molecular weight is 523 g/mol. The molecule has 0 aliphatic carbocycles. The van der Waals surface area contributed by atoms with E-state index >= 15 is 0 Å². The second kappa shape index (κ2) is 11.1. The molecule has 3 aromatic heterocycles. The number of anilines is 2. The summed E-state index contributed by atoms with van der Waals surface area (Å²) < 4.78 is 16.9. The fourth-order valence-corrected chi connectivity index (χ4v) is 3.10. The monoisotopic (exact) mass is 522 g/mol. The molecule has 0 spiro atoms. The zero-order chi connectivity index (χ0) is 22.7. The Kier molecular flexibility index (Phi) is 8.40. The molecular formula is C20H21N8O4Rb. The fourth-order valence-electron chi connectivity index (χ4n) is 3.10. The van der Waals surface area contributed by atoms with Crippen LogP contribution in [-0.2, 0) is 17.8 Å². The van der Waals surface area contributed by atoms with Gasteiger partial charge >= 0.3 is 64.3 Å². The molecule has 0 fully saturated rings. The molecular weight excluding hydrogens is 502 g/mol. The molecule has 0 atom stereocenters. The van der Waals surface area contributed by atoms with Gasteiger partial charge in [-0.2, -0.15) is 33.6 Å². The number of aryl methyl sites for hydroxylation is 1. The second-order valence-electron chi connectivity index (χ2n) is 6.78. The summed E-state index contributed by atoms with van der Waals surface area (Å²) in [7, 11) is 2.86. The van der Waals surface area contributed by atoms with Crippen LogP contribution in [0.2, 0.25) is 0 Å². The smallest absolute Gasteiger partial charge is 0.509 e. The largest absolute Gasteiger partial charge is 1.00 e. The summed E-state index contributed by atoms with van der Waals surface area (Å²) in [6, 6.07) is 5.68. The first-order chi connectivity index (χ1) is 15.5. The van der Waals surface area contributed by atoms with E-state index in [4.69, 9.17) is 9.26 Å². The zero-order valence-electron chi connectivity index (χ0n) is 18.7. The molecule has 12 nitrogen and oxygen atoms in total. The van der Waals surface area contributed by atoms with Crippen LogP contribution in [0.1, 0.15) is 22.8 Å². The fraction of sp³-hybridized carbons (Fsp3) is 0.250. The minimum absolute atomic E-state index is 0. The molecule has 0 radical (unpaired) electrons. The van der Waals surface area contributed by atoms with E-state index in [0.29, 0.717) is 40.9 Å². The van der Waals surface area contributed by atoms with Crippen molar-refractivity contribution in [2.24, 2.45) is 0 Å². The minimum atomic E-state index is -0.686. The predicted molar refractivity (Wildman–Crippen MR) is 114 cm³/mol. The topological polar surface area (TPSA) is 142 Å². The molecule has 0 unspecified atom stereocenters. The number of rotatable bonds is 7. The quantitative estimate of drug-likeness (QED) is 0.306. The number of carbonyl (C=O) groups is 1. The number of carbonyl (C=O) groups excluding carboxylic acids is 1. The van der Waals surface area contributed by atoms with E-state index in [1.54, 1.807) is 24.9 Å². The van der Waals surface area contributed by atoms with Crippen molar-refractivity contribution in [3.63, 3.8) is 0 Å². The van der Waals surface area contributed by atoms with Crippen LogP contribution in [0, 0.1) is 13.8 Å². The van der Waals surface area contributed by atoms with Gasteiger partial charge in [0, 0.05) is 6.92 Å². The molecule has 0 aliphatic rings. The summed E-state index contributed by atoms with van der Waals surface area (Å²) in [4.78, 5) is 24.6. The Morgan fingerprint density at radius 3 is 2.76 bits per heavy atom. The molecule has 2 N–H and O–H groups in total. The standard InChI is InChI=1S/C20H21N8O4.Rb/c1-11-5-6-13(15(7-11)30-3)10-28-17-14(8-22-28)24-19(26-20(29)31-4)25-18(17)21-9-16-23-12(2)32-27-16;/h5-8H,1,9-10H2,2-4H3,(H2,21,24,25,26,29);/q-1;+1. The third-order valence-corrected chi connectivity index (χ3v) is 4.54. The third kappa shape index (κ3) is 5.88. The SMILES string of the molecule is [CH2-]c1ccc(Cn2ncc3nc(NC(=O)OC)nc(NCc4noc(C)n4)c32)c(OC)c1.[Rb+]. The van der Waals surface area contributed by atoms with E-state index in [9.17, 15) is 4.79 Å². The van der Waals surface area contributed by atoms with Gasteiger partial charge < -0.3 is 19.3 Å². The maximum absolute atomic E-state index is 11.6. The molecule has 0 saturated heterocycles. The molecule has 0 bridgehead atoms. The molecule has 1 amide bonds. The summed E-state index contributed by atoms with van der Waals surface area (Å²) in [5, 5.41) is 14.0. The first kappa shape index (κ1) is 25.1. The van der Waals surface area contributed by atoms with Gasteiger partial charge in [-0.3, -0.25) is 10.00 Å². The Labute approximate surface area is 238 Å². The van der Waals surface area contributed by atoms with Crippen molar-refractivity contribution < 1.29 is 77.0 Å².